The second kappa shape index (κ2) is 6.43. The molecule has 0 N–H and O–H groups in total. The van der Waals surface area contributed by atoms with E-state index in [1.165, 1.54) is 35.1 Å². The molecule has 1 aliphatic carbocycles. The number of aromatic nitrogens is 2. The molecule has 6 heteroatoms. The zero-order valence-electron chi connectivity index (χ0n) is 12.7. The van der Waals surface area contributed by atoms with E-state index >= 15 is 0 Å². The third-order valence-electron chi connectivity index (χ3n) is 4.43. The third-order valence-corrected chi connectivity index (χ3v) is 6.72. The minimum Gasteiger partial charge on any atom is -0.355 e. The van der Waals surface area contributed by atoms with E-state index < -0.39 is 0 Å². The quantitative estimate of drug-likeness (QED) is 0.632. The maximum atomic E-state index is 5.64. The Morgan fingerprint density at radius 1 is 1.36 bits per heavy atom. The predicted octanol–water partition coefficient (Wildman–Crippen LogP) is 3.67. The molecule has 2 aromatic rings. The number of hydrogen-bond donors (Lipinski definition) is 0. The molecule has 0 aromatic carbocycles. The highest BCUT2D eigenvalue weighted by atomic mass is 32.2. The van der Waals surface area contributed by atoms with Crippen molar-refractivity contribution in [3.05, 3.63) is 16.8 Å². The molecule has 4 nitrogen and oxygen atoms in total. The van der Waals surface area contributed by atoms with Gasteiger partial charge in [-0.1, -0.05) is 6.92 Å². The smallest absolute Gasteiger partial charge is 0.147 e. The molecule has 2 aromatic heterocycles. The molecule has 1 saturated heterocycles. The molecular formula is C16H20N2O2S2. The summed E-state index contributed by atoms with van der Waals surface area (Å²) in [4.78, 5) is 11.8. The first-order chi connectivity index (χ1) is 10.8. The number of rotatable bonds is 3. The molecule has 118 valence electrons. The van der Waals surface area contributed by atoms with E-state index in [2.05, 4.69) is 16.9 Å². The van der Waals surface area contributed by atoms with E-state index in [0.717, 1.165) is 34.6 Å². The molecule has 0 saturated carbocycles. The average molecular weight is 336 g/mol. The van der Waals surface area contributed by atoms with Gasteiger partial charge in [0, 0.05) is 16.0 Å². The zero-order chi connectivity index (χ0) is 14.9. The summed E-state index contributed by atoms with van der Waals surface area (Å²) in [5.74, 6) is 1.73. The SMILES string of the molecule is C[C@@H]1CCc2c(sc3ncnc(SC[C@H]4CCOCO4)c23)C1. The van der Waals surface area contributed by atoms with E-state index in [4.69, 9.17) is 9.47 Å². The van der Waals surface area contributed by atoms with Gasteiger partial charge in [-0.3, -0.25) is 0 Å². The molecule has 22 heavy (non-hydrogen) atoms. The van der Waals surface area contributed by atoms with Crippen LogP contribution in [0.1, 0.15) is 30.2 Å². The Bertz CT molecular complexity index is 667. The van der Waals surface area contributed by atoms with Crippen LogP contribution in [0.15, 0.2) is 11.4 Å². The molecule has 0 bridgehead atoms. The number of aryl methyl sites for hydroxylation is 1. The summed E-state index contributed by atoms with van der Waals surface area (Å²) in [6.45, 7) is 3.57. The zero-order valence-corrected chi connectivity index (χ0v) is 14.3. The van der Waals surface area contributed by atoms with Crippen LogP contribution in [0.4, 0.5) is 0 Å². The van der Waals surface area contributed by atoms with Gasteiger partial charge in [0.2, 0.25) is 0 Å². The molecule has 2 aliphatic rings. The molecular weight excluding hydrogens is 316 g/mol. The number of thiophene rings is 1. The van der Waals surface area contributed by atoms with Crippen LogP contribution >= 0.6 is 23.1 Å². The molecule has 0 unspecified atom stereocenters. The number of hydrogen-bond acceptors (Lipinski definition) is 6. The first kappa shape index (κ1) is 14.9. The molecule has 0 radical (unpaired) electrons. The molecule has 0 amide bonds. The van der Waals surface area contributed by atoms with Crippen LogP contribution in [0.25, 0.3) is 10.2 Å². The first-order valence-corrected chi connectivity index (χ1v) is 9.69. The highest BCUT2D eigenvalue weighted by Gasteiger charge is 2.24. The van der Waals surface area contributed by atoms with Crippen LogP contribution in [0.3, 0.4) is 0 Å². The van der Waals surface area contributed by atoms with Crippen molar-refractivity contribution >= 4 is 33.3 Å². The Balaban J connectivity index is 1.60. The second-order valence-electron chi connectivity index (χ2n) is 6.13. The highest BCUT2D eigenvalue weighted by Crippen LogP contribution is 2.40. The van der Waals surface area contributed by atoms with Gasteiger partial charge in [0.05, 0.1) is 12.7 Å². The lowest BCUT2D eigenvalue weighted by molar-refractivity contribution is -0.130. The third kappa shape index (κ3) is 2.89. The van der Waals surface area contributed by atoms with Gasteiger partial charge in [-0.05, 0) is 37.2 Å². The van der Waals surface area contributed by atoms with Gasteiger partial charge in [0.15, 0.2) is 0 Å². The maximum Gasteiger partial charge on any atom is 0.147 e. The lowest BCUT2D eigenvalue weighted by Gasteiger charge is -2.22. The minimum absolute atomic E-state index is 0.276. The van der Waals surface area contributed by atoms with Gasteiger partial charge in [-0.15, -0.1) is 23.1 Å². The van der Waals surface area contributed by atoms with Crippen molar-refractivity contribution in [1.82, 2.24) is 9.97 Å². The van der Waals surface area contributed by atoms with Crippen molar-refractivity contribution in [3.8, 4) is 0 Å². The van der Waals surface area contributed by atoms with Crippen LogP contribution in [-0.2, 0) is 22.3 Å². The summed E-state index contributed by atoms with van der Waals surface area (Å²) in [7, 11) is 0. The highest BCUT2D eigenvalue weighted by molar-refractivity contribution is 7.99. The molecule has 4 rings (SSSR count). The monoisotopic (exact) mass is 336 g/mol. The van der Waals surface area contributed by atoms with E-state index in [9.17, 15) is 0 Å². The summed E-state index contributed by atoms with van der Waals surface area (Å²) in [6, 6.07) is 0. The Morgan fingerprint density at radius 2 is 2.32 bits per heavy atom. The van der Waals surface area contributed by atoms with E-state index in [1.54, 1.807) is 6.33 Å². The fourth-order valence-corrected chi connectivity index (χ4v) is 5.67. The summed E-state index contributed by atoms with van der Waals surface area (Å²) in [6.07, 6.45) is 6.61. The number of fused-ring (bicyclic) bond motifs is 3. The molecule has 1 fully saturated rings. The Labute approximate surface area is 138 Å². The average Bonchev–Trinajstić information content (AvgIpc) is 2.91. The molecule has 1 aliphatic heterocycles. The lowest BCUT2D eigenvalue weighted by Crippen LogP contribution is -2.25. The number of thioether (sulfide) groups is 1. The van der Waals surface area contributed by atoms with Crippen LogP contribution in [0.2, 0.25) is 0 Å². The van der Waals surface area contributed by atoms with Crippen LogP contribution in [-0.4, -0.2) is 35.2 Å². The number of ether oxygens (including phenoxy) is 2. The Morgan fingerprint density at radius 3 is 3.18 bits per heavy atom. The lowest BCUT2D eigenvalue weighted by atomic mass is 9.89. The summed E-state index contributed by atoms with van der Waals surface area (Å²) >= 11 is 3.67. The van der Waals surface area contributed by atoms with Gasteiger partial charge >= 0.3 is 0 Å². The predicted molar refractivity (Wildman–Crippen MR) is 89.6 cm³/mol. The van der Waals surface area contributed by atoms with Gasteiger partial charge in [-0.25, -0.2) is 9.97 Å². The normalized spacial score (nSPS) is 25.3. The standard InChI is InChI=1S/C16H20N2O2S2/c1-10-2-3-12-13(6-10)22-16-14(12)15(17-8-18-16)21-7-11-4-5-19-9-20-11/h8,10-11H,2-7,9H2,1H3/t10-,11-/m1/s1. The van der Waals surface area contributed by atoms with Crippen molar-refractivity contribution < 1.29 is 9.47 Å². The fraction of sp³-hybridized carbons (Fsp3) is 0.625. The van der Waals surface area contributed by atoms with Crippen LogP contribution < -0.4 is 0 Å². The Hall–Kier alpha value is -0.690. The first-order valence-electron chi connectivity index (χ1n) is 7.88. The largest absolute Gasteiger partial charge is 0.355 e. The molecule has 3 heterocycles. The summed E-state index contributed by atoms with van der Waals surface area (Å²) in [5, 5.41) is 2.44. The topological polar surface area (TPSA) is 44.2 Å². The van der Waals surface area contributed by atoms with Crippen molar-refractivity contribution in [3.63, 3.8) is 0 Å². The van der Waals surface area contributed by atoms with Gasteiger partial charge < -0.3 is 9.47 Å². The molecule has 2 atom stereocenters. The van der Waals surface area contributed by atoms with Crippen molar-refractivity contribution in [1.29, 1.82) is 0 Å². The fourth-order valence-electron chi connectivity index (χ4n) is 3.16. The van der Waals surface area contributed by atoms with Crippen LogP contribution in [0.5, 0.6) is 0 Å². The van der Waals surface area contributed by atoms with Gasteiger partial charge in [0.25, 0.3) is 0 Å². The van der Waals surface area contributed by atoms with Crippen molar-refractivity contribution in [2.45, 2.75) is 43.7 Å². The maximum absolute atomic E-state index is 5.64. The van der Waals surface area contributed by atoms with Crippen molar-refractivity contribution in [2.24, 2.45) is 5.92 Å². The molecule has 0 spiro atoms. The second-order valence-corrected chi connectivity index (χ2v) is 8.22. The van der Waals surface area contributed by atoms with Crippen molar-refractivity contribution in [2.75, 3.05) is 19.2 Å². The number of nitrogens with zero attached hydrogens (tertiary/aromatic N) is 2. The van der Waals surface area contributed by atoms with E-state index in [1.807, 2.05) is 23.1 Å². The minimum atomic E-state index is 0.276. The van der Waals surface area contributed by atoms with Gasteiger partial charge in [-0.2, -0.15) is 0 Å². The van der Waals surface area contributed by atoms with Gasteiger partial charge in [0.1, 0.15) is 23.0 Å². The summed E-state index contributed by atoms with van der Waals surface area (Å²) in [5.41, 5.74) is 1.51. The van der Waals surface area contributed by atoms with E-state index in [-0.39, 0.29) is 6.10 Å². The van der Waals surface area contributed by atoms with E-state index in [0.29, 0.717) is 6.79 Å². The Kier molecular flexibility index (Phi) is 4.35. The van der Waals surface area contributed by atoms with Crippen LogP contribution in [0, 0.1) is 5.92 Å². The summed E-state index contributed by atoms with van der Waals surface area (Å²) < 4.78 is 10.9.